The van der Waals surface area contributed by atoms with Crippen molar-refractivity contribution in [1.29, 1.82) is 0 Å². The molecular formula is C27H45NO6. The molecule has 0 amide bonds. The lowest BCUT2D eigenvalue weighted by Crippen LogP contribution is -2.45. The Balaban J connectivity index is 4.00. The second-order valence-electron chi connectivity index (χ2n) is 9.42. The third-order valence-electron chi connectivity index (χ3n) is 4.87. The van der Waals surface area contributed by atoms with Gasteiger partial charge in [-0.15, -0.1) is 0 Å². The number of carboxylic acid groups (broad SMARTS) is 1. The lowest BCUT2D eigenvalue weighted by atomic mass is 10.1. The van der Waals surface area contributed by atoms with Crippen molar-refractivity contribution in [2.45, 2.75) is 83.3 Å². The van der Waals surface area contributed by atoms with Crippen molar-refractivity contribution in [3.63, 3.8) is 0 Å². The Bertz CT molecular complexity index is 661. The summed E-state index contributed by atoms with van der Waals surface area (Å²) in [5.74, 6) is -1.58. The fourth-order valence-electron chi connectivity index (χ4n) is 3.24. The molecule has 0 aromatic carbocycles. The molecule has 7 nitrogen and oxygen atoms in total. The molecule has 0 spiro atoms. The molecule has 0 heterocycles. The molecule has 0 aromatic heterocycles. The molecule has 0 saturated heterocycles. The smallest absolute Gasteiger partial charge is 0.306 e. The van der Waals surface area contributed by atoms with E-state index < -0.39 is 12.1 Å². The van der Waals surface area contributed by atoms with Crippen LogP contribution in [0.3, 0.4) is 0 Å². The first-order chi connectivity index (χ1) is 16.2. The summed E-state index contributed by atoms with van der Waals surface area (Å²) in [6, 6.07) is 0. The van der Waals surface area contributed by atoms with E-state index in [0.29, 0.717) is 17.4 Å². The van der Waals surface area contributed by atoms with E-state index in [0.717, 1.165) is 44.9 Å². The van der Waals surface area contributed by atoms with Gasteiger partial charge in [-0.1, -0.05) is 74.8 Å². The number of aliphatic carboxylic acids is 1. The van der Waals surface area contributed by atoms with Crippen molar-refractivity contribution >= 4 is 11.9 Å². The quantitative estimate of drug-likeness (QED) is 0.0530. The predicted octanol–water partition coefficient (Wildman–Crippen LogP) is 4.36. The van der Waals surface area contributed by atoms with Crippen LogP contribution >= 0.6 is 0 Å². The molecule has 0 aliphatic carbocycles. The van der Waals surface area contributed by atoms with Gasteiger partial charge in [-0.2, -0.15) is 0 Å². The standard InChI is InChI=1S/C27H45NO6/c1-5-6-16-19-24(34-32)20-17-14-12-10-8-7-9-11-13-15-18-21-27(31)33-25(22-26(29)30)23-28(2,3)4/h7-8,11-14,17,20,24-25H,5-6,9-10,15-16,18-19,21-23H2,1-4H3,(H-,29,30,32)/b8-7+,13-11+,14-12+,20-17+. The zero-order valence-electron chi connectivity index (χ0n) is 21.5. The van der Waals surface area contributed by atoms with Gasteiger partial charge in [0.2, 0.25) is 0 Å². The van der Waals surface area contributed by atoms with Gasteiger partial charge in [0.15, 0.2) is 6.10 Å². The second kappa shape index (κ2) is 20.2. The number of nitrogens with zero attached hydrogens (tertiary/aromatic N) is 1. The first kappa shape index (κ1) is 31.8. The van der Waals surface area contributed by atoms with Gasteiger partial charge in [0, 0.05) is 18.8 Å². The number of unbranched alkanes of at least 4 members (excludes halogenated alkanes) is 3. The van der Waals surface area contributed by atoms with Crippen molar-refractivity contribution in [3.8, 4) is 0 Å². The Morgan fingerprint density at radius 2 is 1.65 bits per heavy atom. The molecule has 2 unspecified atom stereocenters. The van der Waals surface area contributed by atoms with Crippen LogP contribution in [0.15, 0.2) is 48.6 Å². The molecule has 0 aliphatic heterocycles. The number of rotatable bonds is 20. The van der Waals surface area contributed by atoms with Gasteiger partial charge in [0.1, 0.15) is 12.6 Å². The Kier molecular flexibility index (Phi) is 18.9. The molecule has 0 aliphatic rings. The average Bonchev–Trinajstić information content (AvgIpc) is 2.74. The van der Waals surface area contributed by atoms with Crippen LogP contribution in [0.2, 0.25) is 0 Å². The van der Waals surface area contributed by atoms with Crippen LogP contribution < -0.4 is 5.11 Å². The van der Waals surface area contributed by atoms with Crippen molar-refractivity contribution in [1.82, 2.24) is 0 Å². The van der Waals surface area contributed by atoms with E-state index in [4.69, 9.17) is 9.99 Å². The van der Waals surface area contributed by atoms with Crippen LogP contribution in [0, 0.1) is 0 Å². The lowest BCUT2D eigenvalue weighted by molar-refractivity contribution is -0.873. The summed E-state index contributed by atoms with van der Waals surface area (Å²) in [7, 11) is 5.76. The SMILES string of the molecule is CCCCCC(/C=C/C=C/C/C=C/C/C=C/CCCC(=O)OC(CC(=O)[O-])C[N+](C)(C)C)OO. The normalized spacial score (nSPS) is 14.5. The van der Waals surface area contributed by atoms with Crippen molar-refractivity contribution in [2.75, 3.05) is 27.7 Å². The van der Waals surface area contributed by atoms with Crippen LogP contribution in [-0.4, -0.2) is 61.6 Å². The fourth-order valence-corrected chi connectivity index (χ4v) is 3.24. The van der Waals surface area contributed by atoms with Gasteiger partial charge < -0.3 is 19.1 Å². The van der Waals surface area contributed by atoms with Crippen LogP contribution in [0.25, 0.3) is 0 Å². The molecule has 1 N–H and O–H groups in total. The summed E-state index contributed by atoms with van der Waals surface area (Å²) >= 11 is 0. The minimum Gasteiger partial charge on any atom is -0.550 e. The molecule has 0 rings (SSSR count). The number of quaternary nitrogens is 1. The maximum absolute atomic E-state index is 12.0. The molecule has 0 radical (unpaired) electrons. The Hall–Kier alpha value is -2.22. The number of likely N-dealkylation sites (N-methyl/N-ethyl adjacent to an activating group) is 1. The van der Waals surface area contributed by atoms with Gasteiger partial charge in [-0.3, -0.25) is 10.1 Å². The summed E-state index contributed by atoms with van der Waals surface area (Å²) in [5.41, 5.74) is 0. The number of hydrogen-bond donors (Lipinski definition) is 1. The minimum absolute atomic E-state index is 0.245. The van der Waals surface area contributed by atoms with Crippen molar-refractivity contribution < 1.29 is 34.1 Å². The molecule has 0 fully saturated rings. The maximum Gasteiger partial charge on any atom is 0.306 e. The van der Waals surface area contributed by atoms with Gasteiger partial charge in [0.25, 0.3) is 0 Å². The van der Waals surface area contributed by atoms with Gasteiger partial charge in [0.05, 0.1) is 21.1 Å². The Morgan fingerprint density at radius 1 is 0.971 bits per heavy atom. The summed E-state index contributed by atoms with van der Waals surface area (Å²) in [6.45, 7) is 2.57. The van der Waals surface area contributed by atoms with E-state index in [1.807, 2.05) is 51.5 Å². The third kappa shape index (κ3) is 21.6. The number of carbonyl (C=O) groups excluding carboxylic acids is 2. The summed E-state index contributed by atoms with van der Waals surface area (Å²) < 4.78 is 5.84. The van der Waals surface area contributed by atoms with Crippen molar-refractivity contribution in [2.24, 2.45) is 0 Å². The summed E-state index contributed by atoms with van der Waals surface area (Å²) in [5, 5.41) is 19.8. The minimum atomic E-state index is -1.21. The monoisotopic (exact) mass is 479 g/mol. The molecule has 0 bridgehead atoms. The second-order valence-corrected chi connectivity index (χ2v) is 9.42. The highest BCUT2D eigenvalue weighted by molar-refractivity contribution is 5.70. The van der Waals surface area contributed by atoms with E-state index >= 15 is 0 Å². The maximum atomic E-state index is 12.0. The number of allylic oxidation sites excluding steroid dienone is 7. The van der Waals surface area contributed by atoms with E-state index in [2.05, 4.69) is 30.0 Å². The van der Waals surface area contributed by atoms with E-state index in [9.17, 15) is 14.7 Å². The first-order valence-corrected chi connectivity index (χ1v) is 12.3. The molecule has 0 saturated carbocycles. The summed E-state index contributed by atoms with van der Waals surface area (Å²) in [6.07, 6.45) is 22.3. The Labute approximate surface area is 206 Å². The third-order valence-corrected chi connectivity index (χ3v) is 4.87. The van der Waals surface area contributed by atoms with E-state index in [1.54, 1.807) is 0 Å². The highest BCUT2D eigenvalue weighted by atomic mass is 17.1. The van der Waals surface area contributed by atoms with Crippen LogP contribution in [-0.2, 0) is 19.2 Å². The number of carboxylic acids is 1. The number of carbonyl (C=O) groups is 2. The number of hydrogen-bond acceptors (Lipinski definition) is 6. The van der Waals surface area contributed by atoms with Gasteiger partial charge in [-0.05, 0) is 32.1 Å². The largest absolute Gasteiger partial charge is 0.550 e. The topological polar surface area (TPSA) is 95.9 Å². The molecule has 0 aromatic rings. The highest BCUT2D eigenvalue weighted by Crippen LogP contribution is 2.09. The van der Waals surface area contributed by atoms with Gasteiger partial charge >= 0.3 is 5.97 Å². The molecule has 194 valence electrons. The molecule has 7 heteroatoms. The van der Waals surface area contributed by atoms with E-state index in [-0.39, 0.29) is 24.9 Å². The van der Waals surface area contributed by atoms with Crippen LogP contribution in [0.5, 0.6) is 0 Å². The average molecular weight is 480 g/mol. The molecule has 2 atom stereocenters. The van der Waals surface area contributed by atoms with E-state index in [1.165, 1.54) is 0 Å². The number of ether oxygens (including phenoxy) is 1. The van der Waals surface area contributed by atoms with Crippen LogP contribution in [0.1, 0.15) is 71.1 Å². The first-order valence-electron chi connectivity index (χ1n) is 12.3. The zero-order valence-corrected chi connectivity index (χ0v) is 21.5. The fraction of sp³-hybridized carbons (Fsp3) is 0.630. The number of esters is 1. The highest BCUT2D eigenvalue weighted by Gasteiger charge is 2.22. The molecule has 34 heavy (non-hydrogen) atoms. The zero-order chi connectivity index (χ0) is 25.7. The van der Waals surface area contributed by atoms with Crippen LogP contribution in [0.4, 0.5) is 0 Å². The van der Waals surface area contributed by atoms with Crippen molar-refractivity contribution in [3.05, 3.63) is 48.6 Å². The molecular weight excluding hydrogens is 434 g/mol. The Morgan fingerprint density at radius 3 is 2.26 bits per heavy atom. The predicted molar refractivity (Wildman–Crippen MR) is 134 cm³/mol. The summed E-state index contributed by atoms with van der Waals surface area (Å²) in [4.78, 5) is 27.4. The van der Waals surface area contributed by atoms with Gasteiger partial charge in [-0.25, -0.2) is 4.89 Å². The lowest BCUT2D eigenvalue weighted by Gasteiger charge is -2.29.